The third kappa shape index (κ3) is 3.54. The first-order valence-corrected chi connectivity index (χ1v) is 5.36. The van der Waals surface area contributed by atoms with Gasteiger partial charge >= 0.3 is 0 Å². The summed E-state index contributed by atoms with van der Waals surface area (Å²) in [6, 6.07) is 8.90. The highest BCUT2D eigenvalue weighted by Crippen LogP contribution is 2.03. The van der Waals surface area contributed by atoms with Gasteiger partial charge in [-0.05, 0) is 5.56 Å². The summed E-state index contributed by atoms with van der Waals surface area (Å²) in [6.45, 7) is 0. The zero-order chi connectivity index (χ0) is 9.73. The molecule has 0 spiro atoms. The Labute approximate surface area is 77.5 Å². The van der Waals surface area contributed by atoms with E-state index in [9.17, 15) is 8.42 Å². The van der Waals surface area contributed by atoms with Crippen LogP contribution in [0.4, 0.5) is 0 Å². The first-order chi connectivity index (χ1) is 6.14. The zero-order valence-electron chi connectivity index (χ0n) is 7.23. The van der Waals surface area contributed by atoms with Crippen LogP contribution in [0.15, 0.2) is 30.3 Å². The van der Waals surface area contributed by atoms with E-state index >= 15 is 0 Å². The molecule has 4 nitrogen and oxygen atoms in total. The molecular weight excluding hydrogens is 190 g/mol. The van der Waals surface area contributed by atoms with Crippen molar-refractivity contribution in [3.8, 4) is 0 Å². The topological polar surface area (TPSA) is 55.4 Å². The maximum absolute atomic E-state index is 11.2. The second-order valence-corrected chi connectivity index (χ2v) is 4.22. The summed E-state index contributed by atoms with van der Waals surface area (Å²) in [7, 11) is -2.09. The molecule has 0 radical (unpaired) electrons. The number of sulfonamides is 1. The van der Waals surface area contributed by atoms with Crippen molar-refractivity contribution < 1.29 is 13.3 Å². The lowest BCUT2D eigenvalue weighted by molar-refractivity contribution is 0.153. The lowest BCUT2D eigenvalue weighted by Crippen LogP contribution is -2.23. The Hall–Kier alpha value is -0.910. The fourth-order valence-corrected chi connectivity index (χ4v) is 1.89. The molecule has 0 aromatic heterocycles. The second kappa shape index (κ2) is 4.36. The molecule has 0 aliphatic rings. The fraction of sp³-hybridized carbons (Fsp3) is 0.250. The van der Waals surface area contributed by atoms with E-state index in [0.29, 0.717) is 0 Å². The number of hydrogen-bond acceptors (Lipinski definition) is 3. The van der Waals surface area contributed by atoms with Crippen LogP contribution >= 0.6 is 0 Å². The van der Waals surface area contributed by atoms with E-state index in [4.69, 9.17) is 0 Å². The van der Waals surface area contributed by atoms with Gasteiger partial charge in [-0.1, -0.05) is 35.2 Å². The van der Waals surface area contributed by atoms with Gasteiger partial charge in [0.1, 0.15) is 0 Å². The summed E-state index contributed by atoms with van der Waals surface area (Å²) < 4.78 is 22.3. The summed E-state index contributed by atoms with van der Waals surface area (Å²) in [5.41, 5.74) is 0.729. The van der Waals surface area contributed by atoms with Crippen LogP contribution in [0.5, 0.6) is 0 Å². The van der Waals surface area contributed by atoms with Crippen LogP contribution in [0.1, 0.15) is 5.56 Å². The van der Waals surface area contributed by atoms with Gasteiger partial charge in [0.2, 0.25) is 10.0 Å². The smallest absolute Gasteiger partial charge is 0.237 e. The lowest BCUT2D eigenvalue weighted by Gasteiger charge is -2.03. The monoisotopic (exact) mass is 201 g/mol. The number of nitrogens with one attached hydrogen (secondary N) is 1. The van der Waals surface area contributed by atoms with Gasteiger partial charge in [-0.3, -0.25) is 4.84 Å². The van der Waals surface area contributed by atoms with Gasteiger partial charge in [0.05, 0.1) is 12.9 Å². The van der Waals surface area contributed by atoms with E-state index in [1.165, 1.54) is 7.11 Å². The summed E-state index contributed by atoms with van der Waals surface area (Å²) >= 11 is 0. The van der Waals surface area contributed by atoms with Crippen molar-refractivity contribution in [3.05, 3.63) is 35.9 Å². The molecule has 0 saturated carbocycles. The Morgan fingerprint density at radius 1 is 1.31 bits per heavy atom. The fourth-order valence-electron chi connectivity index (χ4n) is 0.950. The highest BCUT2D eigenvalue weighted by Gasteiger charge is 2.09. The summed E-state index contributed by atoms with van der Waals surface area (Å²) in [6.07, 6.45) is 0. The minimum absolute atomic E-state index is 0.0678. The molecule has 72 valence electrons. The van der Waals surface area contributed by atoms with Crippen molar-refractivity contribution in [1.82, 2.24) is 4.89 Å². The molecule has 0 saturated heterocycles. The van der Waals surface area contributed by atoms with Crippen LogP contribution in [0.25, 0.3) is 0 Å². The highest BCUT2D eigenvalue weighted by atomic mass is 32.2. The van der Waals surface area contributed by atoms with E-state index in [2.05, 4.69) is 4.84 Å². The van der Waals surface area contributed by atoms with Crippen LogP contribution in [0.3, 0.4) is 0 Å². The third-order valence-electron chi connectivity index (χ3n) is 1.41. The van der Waals surface area contributed by atoms with Gasteiger partial charge in [0.25, 0.3) is 0 Å². The van der Waals surface area contributed by atoms with E-state index in [-0.39, 0.29) is 5.75 Å². The number of hydrogen-bond donors (Lipinski definition) is 1. The molecule has 0 atom stereocenters. The van der Waals surface area contributed by atoms with Crippen LogP contribution in [0.2, 0.25) is 0 Å². The first-order valence-electron chi connectivity index (χ1n) is 3.70. The van der Waals surface area contributed by atoms with Crippen molar-refractivity contribution in [1.29, 1.82) is 0 Å². The third-order valence-corrected chi connectivity index (χ3v) is 2.54. The molecule has 0 unspecified atom stereocenters. The van der Waals surface area contributed by atoms with Crippen molar-refractivity contribution in [3.63, 3.8) is 0 Å². The molecular formula is C8H11NO3S. The average Bonchev–Trinajstić information content (AvgIpc) is 2.04. The lowest BCUT2D eigenvalue weighted by atomic mass is 10.2. The van der Waals surface area contributed by atoms with E-state index in [1.54, 1.807) is 24.3 Å². The molecule has 13 heavy (non-hydrogen) atoms. The molecule has 0 aliphatic heterocycles. The first kappa shape index (κ1) is 10.2. The zero-order valence-corrected chi connectivity index (χ0v) is 8.04. The molecule has 0 aliphatic carbocycles. The average molecular weight is 201 g/mol. The highest BCUT2D eigenvalue weighted by molar-refractivity contribution is 7.88. The van der Waals surface area contributed by atoms with Gasteiger partial charge < -0.3 is 0 Å². The summed E-state index contributed by atoms with van der Waals surface area (Å²) in [4.78, 5) is 6.28. The number of benzene rings is 1. The van der Waals surface area contributed by atoms with Gasteiger partial charge in [-0.2, -0.15) is 0 Å². The van der Waals surface area contributed by atoms with Crippen molar-refractivity contribution >= 4 is 10.0 Å². The van der Waals surface area contributed by atoms with Gasteiger partial charge in [-0.25, -0.2) is 8.42 Å². The van der Waals surface area contributed by atoms with Gasteiger partial charge in [0, 0.05) is 0 Å². The second-order valence-electron chi connectivity index (χ2n) is 2.53. The Balaban J connectivity index is 2.70. The molecule has 1 rings (SSSR count). The van der Waals surface area contributed by atoms with Crippen molar-refractivity contribution in [2.75, 3.05) is 7.11 Å². The minimum Gasteiger partial charge on any atom is -0.290 e. The molecule has 0 fully saturated rings. The van der Waals surface area contributed by atoms with Crippen molar-refractivity contribution in [2.24, 2.45) is 0 Å². The van der Waals surface area contributed by atoms with Gasteiger partial charge in [0.15, 0.2) is 0 Å². The normalized spacial score (nSPS) is 11.5. The molecule has 0 amide bonds. The standard InChI is InChI=1S/C8H11NO3S/c1-12-9-13(10,11)7-8-5-3-2-4-6-8/h2-6,9H,7H2,1H3. The summed E-state index contributed by atoms with van der Waals surface area (Å²) in [5, 5.41) is 0. The largest absolute Gasteiger partial charge is 0.290 e. The quantitative estimate of drug-likeness (QED) is 0.728. The Morgan fingerprint density at radius 3 is 2.46 bits per heavy atom. The molecule has 0 bridgehead atoms. The SMILES string of the molecule is CONS(=O)(=O)Cc1ccccc1. The van der Waals surface area contributed by atoms with E-state index < -0.39 is 10.0 Å². The predicted molar refractivity (Wildman–Crippen MR) is 49.2 cm³/mol. The molecule has 1 aromatic rings. The van der Waals surface area contributed by atoms with E-state index in [0.717, 1.165) is 5.56 Å². The minimum atomic E-state index is -3.36. The predicted octanol–water partition coefficient (Wildman–Crippen LogP) is 0.667. The maximum Gasteiger partial charge on any atom is 0.237 e. The van der Waals surface area contributed by atoms with Crippen LogP contribution < -0.4 is 4.89 Å². The molecule has 0 heterocycles. The van der Waals surface area contributed by atoms with Crippen LogP contribution in [0, 0.1) is 0 Å². The molecule has 5 heteroatoms. The van der Waals surface area contributed by atoms with Crippen LogP contribution in [-0.4, -0.2) is 15.5 Å². The Kier molecular flexibility index (Phi) is 3.41. The number of rotatable bonds is 4. The van der Waals surface area contributed by atoms with Gasteiger partial charge in [-0.15, -0.1) is 0 Å². The van der Waals surface area contributed by atoms with Crippen LogP contribution in [-0.2, 0) is 20.6 Å². The maximum atomic E-state index is 11.2. The van der Waals surface area contributed by atoms with E-state index in [1.807, 2.05) is 11.0 Å². The Bertz CT molecular complexity index is 347. The molecule has 1 aromatic carbocycles. The summed E-state index contributed by atoms with van der Waals surface area (Å²) in [5.74, 6) is -0.0678. The Morgan fingerprint density at radius 2 is 1.92 bits per heavy atom. The van der Waals surface area contributed by atoms with Crippen molar-refractivity contribution in [2.45, 2.75) is 5.75 Å². The molecule has 1 N–H and O–H groups in total.